The van der Waals surface area contributed by atoms with Gasteiger partial charge in [-0.3, -0.25) is 4.98 Å². The molecule has 0 aliphatic heterocycles. The Morgan fingerprint density at radius 1 is 1.15 bits per heavy atom. The standard InChI is InChI=1S/C20H29N5O.HI/c1-4-21-20(24-16-18-9-5-6-11-22-18)23-15-17-8-7-10-19(14-17)26-13-12-25(2)3;/h5-11,14H,4,12-13,15-16H2,1-3H3,(H2,21,23,24);1H. The summed E-state index contributed by atoms with van der Waals surface area (Å²) < 4.78 is 5.79. The predicted molar refractivity (Wildman–Crippen MR) is 122 cm³/mol. The van der Waals surface area contributed by atoms with Gasteiger partial charge in [-0.25, -0.2) is 4.99 Å². The van der Waals surface area contributed by atoms with Crippen LogP contribution in [0.4, 0.5) is 0 Å². The topological polar surface area (TPSA) is 61.8 Å². The zero-order chi connectivity index (χ0) is 18.6. The van der Waals surface area contributed by atoms with E-state index in [0.717, 1.165) is 36.1 Å². The van der Waals surface area contributed by atoms with E-state index in [1.54, 1.807) is 6.20 Å². The van der Waals surface area contributed by atoms with Crippen molar-refractivity contribution in [2.75, 3.05) is 33.8 Å². The number of likely N-dealkylation sites (N-methyl/N-ethyl adjacent to an activating group) is 1. The molecule has 0 unspecified atom stereocenters. The van der Waals surface area contributed by atoms with Crippen molar-refractivity contribution < 1.29 is 4.74 Å². The fraction of sp³-hybridized carbons (Fsp3) is 0.400. The third-order valence-electron chi connectivity index (χ3n) is 3.63. The van der Waals surface area contributed by atoms with Crippen LogP contribution in [-0.2, 0) is 13.1 Å². The van der Waals surface area contributed by atoms with Crippen LogP contribution in [-0.4, -0.2) is 49.6 Å². The minimum Gasteiger partial charge on any atom is -0.492 e. The lowest BCUT2D eigenvalue weighted by atomic mass is 10.2. The Hall–Kier alpha value is -1.87. The number of benzene rings is 1. The molecule has 1 heterocycles. The third kappa shape index (κ3) is 9.58. The fourth-order valence-electron chi connectivity index (χ4n) is 2.27. The molecule has 27 heavy (non-hydrogen) atoms. The van der Waals surface area contributed by atoms with Crippen LogP contribution in [0.1, 0.15) is 18.2 Å². The Balaban J connectivity index is 0.00000364. The highest BCUT2D eigenvalue weighted by molar-refractivity contribution is 14.0. The van der Waals surface area contributed by atoms with Gasteiger partial charge in [0.2, 0.25) is 0 Å². The minimum absolute atomic E-state index is 0. The summed E-state index contributed by atoms with van der Waals surface area (Å²) in [5, 5.41) is 6.57. The van der Waals surface area contributed by atoms with Crippen molar-refractivity contribution in [1.82, 2.24) is 20.5 Å². The van der Waals surface area contributed by atoms with E-state index in [-0.39, 0.29) is 24.0 Å². The number of guanidine groups is 1. The van der Waals surface area contributed by atoms with Crippen LogP contribution >= 0.6 is 24.0 Å². The van der Waals surface area contributed by atoms with Crippen LogP contribution in [0.3, 0.4) is 0 Å². The number of aromatic nitrogens is 1. The SMILES string of the molecule is CCNC(=NCc1cccc(OCCN(C)C)c1)NCc1ccccn1.I. The lowest BCUT2D eigenvalue weighted by Gasteiger charge is -2.12. The molecule has 0 amide bonds. The van der Waals surface area contributed by atoms with Gasteiger partial charge in [-0.2, -0.15) is 0 Å². The van der Waals surface area contributed by atoms with Crippen molar-refractivity contribution in [2.24, 2.45) is 4.99 Å². The molecule has 1 aromatic heterocycles. The average molecular weight is 483 g/mol. The summed E-state index contributed by atoms with van der Waals surface area (Å²) in [4.78, 5) is 11.1. The second-order valence-corrected chi connectivity index (χ2v) is 6.17. The van der Waals surface area contributed by atoms with E-state index in [4.69, 9.17) is 4.74 Å². The van der Waals surface area contributed by atoms with Crippen molar-refractivity contribution in [1.29, 1.82) is 0 Å². The van der Waals surface area contributed by atoms with E-state index in [1.807, 2.05) is 50.5 Å². The number of ether oxygens (including phenoxy) is 1. The Morgan fingerprint density at radius 2 is 2.00 bits per heavy atom. The second kappa shape index (κ2) is 13.3. The number of rotatable bonds is 9. The molecule has 7 heteroatoms. The number of halogens is 1. The molecule has 0 aliphatic carbocycles. The summed E-state index contributed by atoms with van der Waals surface area (Å²) >= 11 is 0. The van der Waals surface area contributed by atoms with Crippen LogP contribution in [0.2, 0.25) is 0 Å². The first-order valence-corrected chi connectivity index (χ1v) is 8.96. The molecule has 0 fully saturated rings. The van der Waals surface area contributed by atoms with E-state index in [0.29, 0.717) is 19.7 Å². The van der Waals surface area contributed by atoms with Crippen molar-refractivity contribution in [2.45, 2.75) is 20.0 Å². The summed E-state index contributed by atoms with van der Waals surface area (Å²) in [5.41, 5.74) is 2.09. The van der Waals surface area contributed by atoms with Gasteiger partial charge in [0.1, 0.15) is 12.4 Å². The maximum absolute atomic E-state index is 5.79. The number of hydrogen-bond acceptors (Lipinski definition) is 4. The van der Waals surface area contributed by atoms with Gasteiger partial charge in [0.25, 0.3) is 0 Å². The maximum Gasteiger partial charge on any atom is 0.191 e. The zero-order valence-electron chi connectivity index (χ0n) is 16.3. The van der Waals surface area contributed by atoms with Gasteiger partial charge in [-0.05, 0) is 50.8 Å². The van der Waals surface area contributed by atoms with E-state index < -0.39 is 0 Å². The largest absolute Gasteiger partial charge is 0.492 e. The summed E-state index contributed by atoms with van der Waals surface area (Å²) in [6.07, 6.45) is 1.79. The van der Waals surface area contributed by atoms with Crippen molar-refractivity contribution in [3.8, 4) is 5.75 Å². The molecule has 0 aliphatic rings. The molecule has 0 atom stereocenters. The number of nitrogens with one attached hydrogen (secondary N) is 2. The molecule has 0 saturated heterocycles. The van der Waals surface area contributed by atoms with Gasteiger partial charge >= 0.3 is 0 Å². The van der Waals surface area contributed by atoms with Crippen LogP contribution in [0.5, 0.6) is 5.75 Å². The van der Waals surface area contributed by atoms with Gasteiger partial charge in [-0.1, -0.05) is 18.2 Å². The van der Waals surface area contributed by atoms with Gasteiger partial charge < -0.3 is 20.3 Å². The van der Waals surface area contributed by atoms with Crippen LogP contribution in [0.25, 0.3) is 0 Å². The minimum atomic E-state index is 0. The lowest BCUT2D eigenvalue weighted by molar-refractivity contribution is 0.261. The summed E-state index contributed by atoms with van der Waals surface area (Å²) in [7, 11) is 4.07. The first-order chi connectivity index (χ1) is 12.7. The molecule has 0 bridgehead atoms. The highest BCUT2D eigenvalue weighted by Crippen LogP contribution is 2.14. The highest BCUT2D eigenvalue weighted by Gasteiger charge is 2.01. The smallest absolute Gasteiger partial charge is 0.191 e. The molecule has 2 N–H and O–H groups in total. The number of aliphatic imine (C=N–C) groups is 1. The number of pyridine rings is 1. The Morgan fingerprint density at radius 3 is 2.70 bits per heavy atom. The summed E-state index contributed by atoms with van der Waals surface area (Å²) in [5.74, 6) is 1.66. The molecule has 2 aromatic rings. The Bertz CT molecular complexity index is 679. The monoisotopic (exact) mass is 483 g/mol. The second-order valence-electron chi connectivity index (χ2n) is 6.17. The molecule has 0 spiro atoms. The number of nitrogens with zero attached hydrogens (tertiary/aromatic N) is 3. The Labute approximate surface area is 179 Å². The van der Waals surface area contributed by atoms with Gasteiger partial charge in [-0.15, -0.1) is 24.0 Å². The van der Waals surface area contributed by atoms with Crippen LogP contribution < -0.4 is 15.4 Å². The fourth-order valence-corrected chi connectivity index (χ4v) is 2.27. The van der Waals surface area contributed by atoms with Crippen LogP contribution in [0, 0.1) is 0 Å². The first-order valence-electron chi connectivity index (χ1n) is 8.96. The lowest BCUT2D eigenvalue weighted by Crippen LogP contribution is -2.37. The molecule has 0 radical (unpaired) electrons. The molecular formula is C20H30IN5O. The van der Waals surface area contributed by atoms with E-state index in [1.165, 1.54) is 0 Å². The normalized spacial score (nSPS) is 11.0. The predicted octanol–water partition coefficient (Wildman–Crippen LogP) is 2.90. The third-order valence-corrected chi connectivity index (χ3v) is 3.63. The van der Waals surface area contributed by atoms with Gasteiger partial charge in [0, 0.05) is 19.3 Å². The van der Waals surface area contributed by atoms with Gasteiger partial charge in [0.05, 0.1) is 18.8 Å². The number of hydrogen-bond donors (Lipinski definition) is 2. The average Bonchev–Trinajstić information content (AvgIpc) is 2.65. The van der Waals surface area contributed by atoms with E-state index in [2.05, 4.69) is 38.5 Å². The molecular weight excluding hydrogens is 453 g/mol. The molecule has 148 valence electrons. The van der Waals surface area contributed by atoms with Crippen molar-refractivity contribution in [3.05, 3.63) is 59.9 Å². The Kier molecular flexibility index (Phi) is 11.4. The first kappa shape index (κ1) is 23.2. The van der Waals surface area contributed by atoms with E-state index >= 15 is 0 Å². The van der Waals surface area contributed by atoms with E-state index in [9.17, 15) is 0 Å². The van der Waals surface area contributed by atoms with Gasteiger partial charge in [0.15, 0.2) is 5.96 Å². The molecule has 2 rings (SSSR count). The van der Waals surface area contributed by atoms with Crippen molar-refractivity contribution >= 4 is 29.9 Å². The summed E-state index contributed by atoms with van der Waals surface area (Å²) in [6, 6.07) is 14.0. The quantitative estimate of drug-likeness (QED) is 0.327. The molecule has 0 saturated carbocycles. The van der Waals surface area contributed by atoms with Crippen molar-refractivity contribution in [3.63, 3.8) is 0 Å². The highest BCUT2D eigenvalue weighted by atomic mass is 127. The molecule has 6 nitrogen and oxygen atoms in total. The summed E-state index contributed by atoms with van der Waals surface area (Å²) in [6.45, 7) is 5.65. The van der Waals surface area contributed by atoms with Crippen LogP contribution in [0.15, 0.2) is 53.7 Å². The maximum atomic E-state index is 5.79. The zero-order valence-corrected chi connectivity index (χ0v) is 18.6. The molecule has 1 aromatic carbocycles.